The summed E-state index contributed by atoms with van der Waals surface area (Å²) in [6, 6.07) is 0. The van der Waals surface area contributed by atoms with E-state index in [0.29, 0.717) is 24.0 Å². The van der Waals surface area contributed by atoms with Gasteiger partial charge in [0.2, 0.25) is 5.91 Å². The highest BCUT2D eigenvalue weighted by molar-refractivity contribution is 5.91. The number of ketones is 1. The molecule has 1 aliphatic heterocycles. The molecule has 1 heterocycles. The molecule has 0 saturated heterocycles. The molecular weight excluding hydrogens is 314 g/mol. The Balaban J connectivity index is 1.73. The number of rotatable bonds is 2. The van der Waals surface area contributed by atoms with Gasteiger partial charge in [-0.05, 0) is 44.4 Å². The van der Waals surface area contributed by atoms with Crippen LogP contribution in [0.2, 0.25) is 0 Å². The maximum absolute atomic E-state index is 13.4. The van der Waals surface area contributed by atoms with Crippen LogP contribution < -0.4 is 5.32 Å². The number of hydrogen-bond donors (Lipinski definition) is 1. The Labute approximate surface area is 150 Å². The van der Waals surface area contributed by atoms with Gasteiger partial charge in [-0.25, -0.2) is 0 Å². The van der Waals surface area contributed by atoms with Gasteiger partial charge in [0.25, 0.3) is 0 Å². The first kappa shape index (κ1) is 17.0. The summed E-state index contributed by atoms with van der Waals surface area (Å²) >= 11 is 0. The number of nitrogens with one attached hydrogen (secondary N) is 1. The number of carbonyl (C=O) groups excluding carboxylic acids is 2. The quantitative estimate of drug-likeness (QED) is 0.836. The first-order valence-electron chi connectivity index (χ1n) is 9.73. The van der Waals surface area contributed by atoms with Crippen LogP contribution in [0.5, 0.6) is 0 Å². The van der Waals surface area contributed by atoms with E-state index in [1.807, 2.05) is 6.92 Å². The zero-order valence-corrected chi connectivity index (χ0v) is 15.5. The normalized spacial score (nSPS) is 45.8. The van der Waals surface area contributed by atoms with E-state index in [-0.39, 0.29) is 28.8 Å². The van der Waals surface area contributed by atoms with Gasteiger partial charge in [0.05, 0.1) is 6.10 Å². The smallest absolute Gasteiger partial charge is 0.247 e. The SMILES string of the molecule is CCO[C@H]1CC[C@H]2[C@@H]3CCC4=CC(=O)NC=C[C@]4(C)[C@H]3C(=O)C[C@]12C. The Bertz CT molecular complexity index is 666. The van der Waals surface area contributed by atoms with Gasteiger partial charge in [-0.1, -0.05) is 25.5 Å². The third-order valence-corrected chi connectivity index (χ3v) is 7.58. The first-order chi connectivity index (χ1) is 11.9. The second-order valence-electron chi connectivity index (χ2n) is 8.75. The fraction of sp³-hybridized carbons (Fsp3) is 0.714. The molecule has 3 fully saturated rings. The molecule has 1 amide bonds. The van der Waals surface area contributed by atoms with Crippen molar-refractivity contribution in [1.29, 1.82) is 0 Å². The minimum Gasteiger partial charge on any atom is -0.378 e. The number of Topliss-reactive ketones (excluding diaryl/α,β-unsaturated/α-hetero) is 1. The van der Waals surface area contributed by atoms with E-state index in [4.69, 9.17) is 4.74 Å². The molecule has 0 unspecified atom stereocenters. The number of hydrogen-bond acceptors (Lipinski definition) is 3. The first-order valence-corrected chi connectivity index (χ1v) is 9.73. The highest BCUT2D eigenvalue weighted by atomic mass is 16.5. The van der Waals surface area contributed by atoms with Crippen molar-refractivity contribution < 1.29 is 14.3 Å². The van der Waals surface area contributed by atoms with Gasteiger partial charge < -0.3 is 10.1 Å². The number of amides is 1. The molecule has 0 radical (unpaired) electrons. The molecule has 25 heavy (non-hydrogen) atoms. The number of ether oxygens (including phenoxy) is 1. The Morgan fingerprint density at radius 3 is 2.80 bits per heavy atom. The predicted octanol–water partition coefficient (Wildman–Crippen LogP) is 3.38. The van der Waals surface area contributed by atoms with Gasteiger partial charge in [-0.3, -0.25) is 9.59 Å². The molecule has 0 aromatic rings. The molecule has 0 bridgehead atoms. The molecule has 4 heteroatoms. The Morgan fingerprint density at radius 2 is 2.04 bits per heavy atom. The largest absolute Gasteiger partial charge is 0.378 e. The summed E-state index contributed by atoms with van der Waals surface area (Å²) in [5, 5.41) is 2.79. The van der Waals surface area contributed by atoms with Crippen LogP contribution in [0.15, 0.2) is 23.9 Å². The van der Waals surface area contributed by atoms with Crippen molar-refractivity contribution in [2.24, 2.45) is 28.6 Å². The topological polar surface area (TPSA) is 55.4 Å². The summed E-state index contributed by atoms with van der Waals surface area (Å²) in [6.07, 6.45) is 10.5. The lowest BCUT2D eigenvalue weighted by Crippen LogP contribution is -2.54. The molecule has 6 atom stereocenters. The molecule has 0 aromatic carbocycles. The van der Waals surface area contributed by atoms with Crippen LogP contribution in [0.4, 0.5) is 0 Å². The van der Waals surface area contributed by atoms with Crippen LogP contribution in [0.3, 0.4) is 0 Å². The van der Waals surface area contributed by atoms with Crippen molar-refractivity contribution in [3.63, 3.8) is 0 Å². The Hall–Kier alpha value is -1.42. The molecule has 0 spiro atoms. The Morgan fingerprint density at radius 1 is 1.24 bits per heavy atom. The highest BCUT2D eigenvalue weighted by Gasteiger charge is 2.61. The zero-order valence-electron chi connectivity index (χ0n) is 15.5. The van der Waals surface area contributed by atoms with Crippen LogP contribution in [0.1, 0.15) is 52.9 Å². The minimum atomic E-state index is -0.329. The standard InChI is InChI=1S/C21H29NO3/c1-4-25-17-8-7-15-14-6-5-13-11-18(24)22-10-9-20(13,2)19(14)16(23)12-21(15,17)3/h9-11,14-15,17,19H,4-8,12H2,1-3H3,(H,22,24)/t14-,15-,17-,19+,20-,21-/m0/s1. The molecular formula is C21H29NO3. The molecule has 136 valence electrons. The molecule has 4 aliphatic rings. The summed E-state index contributed by atoms with van der Waals surface area (Å²) in [5.41, 5.74) is 0.773. The van der Waals surface area contributed by atoms with Crippen molar-refractivity contribution in [3.05, 3.63) is 23.9 Å². The number of allylic oxidation sites excluding steroid dienone is 2. The second-order valence-corrected chi connectivity index (χ2v) is 8.75. The highest BCUT2D eigenvalue weighted by Crippen LogP contribution is 2.63. The number of carbonyl (C=O) groups is 2. The van der Waals surface area contributed by atoms with Gasteiger partial charge in [0.15, 0.2) is 0 Å². The summed E-state index contributed by atoms with van der Waals surface area (Å²) in [5.74, 6) is 1.23. The average Bonchev–Trinajstić information content (AvgIpc) is 2.77. The molecule has 4 nitrogen and oxygen atoms in total. The lowest BCUT2D eigenvalue weighted by atomic mass is 9.48. The molecule has 3 saturated carbocycles. The average molecular weight is 343 g/mol. The van der Waals surface area contributed by atoms with Crippen LogP contribution >= 0.6 is 0 Å². The maximum atomic E-state index is 13.4. The minimum absolute atomic E-state index is 0.00472. The second kappa shape index (κ2) is 5.80. The molecule has 3 aliphatic carbocycles. The molecule has 4 rings (SSSR count). The van der Waals surface area contributed by atoms with Gasteiger partial charge in [-0.15, -0.1) is 0 Å². The van der Waals surface area contributed by atoms with Crippen molar-refractivity contribution in [1.82, 2.24) is 5.32 Å². The molecule has 0 aromatic heterocycles. The van der Waals surface area contributed by atoms with Crippen LogP contribution in [0.25, 0.3) is 0 Å². The van der Waals surface area contributed by atoms with Gasteiger partial charge in [0, 0.05) is 42.1 Å². The lowest BCUT2D eigenvalue weighted by molar-refractivity contribution is -0.147. The van der Waals surface area contributed by atoms with E-state index in [9.17, 15) is 9.59 Å². The monoisotopic (exact) mass is 343 g/mol. The lowest BCUT2D eigenvalue weighted by Gasteiger charge is -2.55. The van der Waals surface area contributed by atoms with Crippen LogP contribution in [-0.2, 0) is 14.3 Å². The predicted molar refractivity (Wildman–Crippen MR) is 95.6 cm³/mol. The third-order valence-electron chi connectivity index (χ3n) is 7.58. The van der Waals surface area contributed by atoms with E-state index in [2.05, 4.69) is 25.2 Å². The summed E-state index contributed by atoms with van der Waals surface area (Å²) in [6.45, 7) is 7.20. The van der Waals surface area contributed by atoms with Crippen molar-refractivity contribution in [3.8, 4) is 0 Å². The van der Waals surface area contributed by atoms with Crippen LogP contribution in [0, 0.1) is 28.6 Å². The summed E-state index contributed by atoms with van der Waals surface area (Å²) in [7, 11) is 0. The summed E-state index contributed by atoms with van der Waals surface area (Å²) < 4.78 is 6.04. The number of fused-ring (bicyclic) bond motifs is 5. The fourth-order valence-corrected chi connectivity index (χ4v) is 6.48. The third kappa shape index (κ3) is 2.37. The van der Waals surface area contributed by atoms with Gasteiger partial charge >= 0.3 is 0 Å². The van der Waals surface area contributed by atoms with Gasteiger partial charge in [0.1, 0.15) is 5.78 Å². The van der Waals surface area contributed by atoms with E-state index < -0.39 is 0 Å². The van der Waals surface area contributed by atoms with Crippen LogP contribution in [-0.4, -0.2) is 24.4 Å². The Kier molecular flexibility index (Phi) is 3.95. The molecule has 1 N–H and O–H groups in total. The summed E-state index contributed by atoms with van der Waals surface area (Å²) in [4.78, 5) is 25.3. The van der Waals surface area contributed by atoms with Crippen molar-refractivity contribution in [2.45, 2.75) is 59.0 Å². The van der Waals surface area contributed by atoms with Gasteiger partial charge in [-0.2, -0.15) is 0 Å². The van der Waals surface area contributed by atoms with E-state index in [1.54, 1.807) is 12.3 Å². The maximum Gasteiger partial charge on any atom is 0.247 e. The van der Waals surface area contributed by atoms with E-state index in [0.717, 1.165) is 37.9 Å². The van der Waals surface area contributed by atoms with E-state index >= 15 is 0 Å². The van der Waals surface area contributed by atoms with Crippen molar-refractivity contribution in [2.75, 3.05) is 6.61 Å². The van der Waals surface area contributed by atoms with E-state index in [1.165, 1.54) is 0 Å². The zero-order chi connectivity index (χ0) is 17.8. The fourth-order valence-electron chi connectivity index (χ4n) is 6.48. The van der Waals surface area contributed by atoms with Crippen molar-refractivity contribution >= 4 is 11.7 Å².